The van der Waals surface area contributed by atoms with E-state index in [1.807, 2.05) is 0 Å². The molecule has 1 fully saturated rings. The van der Waals surface area contributed by atoms with E-state index in [2.05, 4.69) is 11.9 Å². The number of ether oxygens (including phenoxy) is 1. The number of carbonyl (C=O) groups excluding carboxylic acids is 3. The summed E-state index contributed by atoms with van der Waals surface area (Å²) < 4.78 is 5.18. The third kappa shape index (κ3) is 3.15. The molecule has 2 aliphatic heterocycles. The number of fused-ring (bicyclic) bond motifs is 1. The van der Waals surface area contributed by atoms with Crippen LogP contribution in [0.4, 0.5) is 0 Å². The van der Waals surface area contributed by atoms with Crippen molar-refractivity contribution in [1.82, 2.24) is 15.1 Å². The smallest absolute Gasteiger partial charge is 0.261 e. The third-order valence-corrected chi connectivity index (χ3v) is 4.63. The SMILES string of the molecule is C=C(OC)C1CNCCN1C(=O)CCN1C(=O)c2ccccc2C1=O. The fourth-order valence-corrected chi connectivity index (χ4v) is 3.22. The molecule has 7 nitrogen and oxygen atoms in total. The average Bonchev–Trinajstić information content (AvgIpc) is 2.90. The Balaban J connectivity index is 1.65. The first kappa shape index (κ1) is 17.2. The molecular formula is C18H21N3O4. The van der Waals surface area contributed by atoms with E-state index < -0.39 is 0 Å². The van der Waals surface area contributed by atoms with E-state index in [0.717, 1.165) is 4.90 Å². The molecule has 3 amide bonds. The van der Waals surface area contributed by atoms with Crippen molar-refractivity contribution in [3.63, 3.8) is 0 Å². The fourth-order valence-electron chi connectivity index (χ4n) is 3.22. The molecule has 2 heterocycles. The van der Waals surface area contributed by atoms with Gasteiger partial charge in [-0.25, -0.2) is 0 Å². The Morgan fingerprint density at radius 2 is 1.92 bits per heavy atom. The molecule has 0 spiro atoms. The highest BCUT2D eigenvalue weighted by molar-refractivity contribution is 6.21. The van der Waals surface area contributed by atoms with Gasteiger partial charge in [0.05, 0.1) is 18.2 Å². The van der Waals surface area contributed by atoms with Gasteiger partial charge in [0.15, 0.2) is 0 Å². The van der Waals surface area contributed by atoms with E-state index in [0.29, 0.717) is 36.5 Å². The van der Waals surface area contributed by atoms with Gasteiger partial charge in [-0.2, -0.15) is 0 Å². The summed E-state index contributed by atoms with van der Waals surface area (Å²) in [5.74, 6) is -0.291. The number of nitrogens with zero attached hydrogens (tertiary/aromatic N) is 2. The summed E-state index contributed by atoms with van der Waals surface area (Å²) >= 11 is 0. The quantitative estimate of drug-likeness (QED) is 0.627. The number of piperazine rings is 1. The molecule has 0 aromatic heterocycles. The van der Waals surface area contributed by atoms with Gasteiger partial charge in [0.1, 0.15) is 11.8 Å². The van der Waals surface area contributed by atoms with Gasteiger partial charge in [-0.1, -0.05) is 18.7 Å². The summed E-state index contributed by atoms with van der Waals surface area (Å²) in [6.45, 7) is 5.71. The van der Waals surface area contributed by atoms with E-state index in [-0.39, 0.29) is 36.7 Å². The van der Waals surface area contributed by atoms with Crippen LogP contribution in [0.5, 0.6) is 0 Å². The summed E-state index contributed by atoms with van der Waals surface area (Å²) in [6.07, 6.45) is 0.0823. The number of rotatable bonds is 5. The minimum atomic E-state index is -0.341. The molecule has 1 saturated heterocycles. The molecule has 2 aliphatic rings. The molecule has 1 unspecified atom stereocenters. The first-order valence-corrected chi connectivity index (χ1v) is 8.22. The van der Waals surface area contributed by atoms with Crippen LogP contribution in [0.3, 0.4) is 0 Å². The molecule has 3 rings (SSSR count). The summed E-state index contributed by atoms with van der Waals surface area (Å²) in [6, 6.07) is 6.47. The molecule has 25 heavy (non-hydrogen) atoms. The molecule has 0 aliphatic carbocycles. The maximum Gasteiger partial charge on any atom is 0.261 e. The predicted molar refractivity (Wildman–Crippen MR) is 90.9 cm³/mol. The highest BCUT2D eigenvalue weighted by Gasteiger charge is 2.36. The Kier molecular flexibility index (Phi) is 4.85. The number of methoxy groups -OCH3 is 1. The van der Waals surface area contributed by atoms with Crippen LogP contribution in [0, 0.1) is 0 Å². The Hall–Kier alpha value is -2.67. The molecule has 1 aromatic carbocycles. The van der Waals surface area contributed by atoms with Crippen LogP contribution >= 0.6 is 0 Å². The van der Waals surface area contributed by atoms with Gasteiger partial charge in [0, 0.05) is 32.6 Å². The summed E-state index contributed by atoms with van der Waals surface area (Å²) in [7, 11) is 1.53. The number of amides is 3. The highest BCUT2D eigenvalue weighted by atomic mass is 16.5. The molecule has 0 radical (unpaired) electrons. The van der Waals surface area contributed by atoms with Crippen molar-refractivity contribution in [3.8, 4) is 0 Å². The minimum Gasteiger partial charge on any atom is -0.499 e. The van der Waals surface area contributed by atoms with Crippen LogP contribution in [-0.2, 0) is 9.53 Å². The number of nitrogens with one attached hydrogen (secondary N) is 1. The van der Waals surface area contributed by atoms with Crippen molar-refractivity contribution >= 4 is 17.7 Å². The van der Waals surface area contributed by atoms with Crippen LogP contribution in [0.2, 0.25) is 0 Å². The largest absolute Gasteiger partial charge is 0.499 e. The first-order valence-electron chi connectivity index (χ1n) is 8.22. The van der Waals surface area contributed by atoms with E-state index in [1.165, 1.54) is 7.11 Å². The molecule has 0 bridgehead atoms. The normalized spacial score (nSPS) is 19.8. The average molecular weight is 343 g/mol. The second kappa shape index (κ2) is 7.06. The van der Waals surface area contributed by atoms with Gasteiger partial charge in [0.25, 0.3) is 11.8 Å². The van der Waals surface area contributed by atoms with Crippen LogP contribution in [0.25, 0.3) is 0 Å². The molecule has 132 valence electrons. The van der Waals surface area contributed by atoms with E-state index in [1.54, 1.807) is 29.2 Å². The van der Waals surface area contributed by atoms with Gasteiger partial charge in [-0.05, 0) is 12.1 Å². The van der Waals surface area contributed by atoms with Gasteiger partial charge in [-0.3, -0.25) is 19.3 Å². The van der Waals surface area contributed by atoms with Crippen LogP contribution in [0.15, 0.2) is 36.6 Å². The molecule has 0 saturated carbocycles. The second-order valence-electron chi connectivity index (χ2n) is 6.04. The number of hydrogen-bond donors (Lipinski definition) is 1. The van der Waals surface area contributed by atoms with Crippen molar-refractivity contribution in [2.75, 3.05) is 33.3 Å². The number of hydrogen-bond acceptors (Lipinski definition) is 5. The maximum absolute atomic E-state index is 12.6. The maximum atomic E-state index is 12.6. The third-order valence-electron chi connectivity index (χ3n) is 4.63. The highest BCUT2D eigenvalue weighted by Crippen LogP contribution is 2.23. The van der Waals surface area contributed by atoms with Gasteiger partial charge in [0.2, 0.25) is 5.91 Å². The lowest BCUT2D eigenvalue weighted by atomic mass is 10.1. The lowest BCUT2D eigenvalue weighted by molar-refractivity contribution is -0.134. The van der Waals surface area contributed by atoms with Crippen molar-refractivity contribution in [2.24, 2.45) is 0 Å². The van der Waals surface area contributed by atoms with Crippen LogP contribution < -0.4 is 5.32 Å². The van der Waals surface area contributed by atoms with Gasteiger partial charge < -0.3 is 15.0 Å². The number of carbonyl (C=O) groups is 3. The number of imide groups is 1. The van der Waals surface area contributed by atoms with Crippen LogP contribution in [0.1, 0.15) is 27.1 Å². The molecule has 1 aromatic rings. The van der Waals surface area contributed by atoms with Gasteiger partial charge >= 0.3 is 0 Å². The lowest BCUT2D eigenvalue weighted by Crippen LogP contribution is -2.55. The van der Waals surface area contributed by atoms with Crippen molar-refractivity contribution in [2.45, 2.75) is 12.5 Å². The second-order valence-corrected chi connectivity index (χ2v) is 6.04. The fraction of sp³-hybridized carbons (Fsp3) is 0.389. The molecular weight excluding hydrogens is 322 g/mol. The number of benzene rings is 1. The molecule has 1 atom stereocenters. The predicted octanol–water partition coefficient (Wildman–Crippen LogP) is 0.633. The summed E-state index contributed by atoms with van der Waals surface area (Å²) in [4.78, 5) is 40.2. The van der Waals surface area contributed by atoms with E-state index in [4.69, 9.17) is 4.74 Å². The Bertz CT molecular complexity index is 696. The topological polar surface area (TPSA) is 79.0 Å². The van der Waals surface area contributed by atoms with Gasteiger partial charge in [-0.15, -0.1) is 0 Å². The zero-order valence-electron chi connectivity index (χ0n) is 14.2. The van der Waals surface area contributed by atoms with Crippen molar-refractivity contribution in [3.05, 3.63) is 47.7 Å². The minimum absolute atomic E-state index is 0.0707. The summed E-state index contributed by atoms with van der Waals surface area (Å²) in [5.41, 5.74) is 0.792. The molecule has 7 heteroatoms. The Labute approximate surface area is 146 Å². The van der Waals surface area contributed by atoms with Crippen molar-refractivity contribution in [1.29, 1.82) is 0 Å². The zero-order valence-corrected chi connectivity index (χ0v) is 14.2. The monoisotopic (exact) mass is 343 g/mol. The standard InChI is InChI=1S/C18H21N3O4/c1-12(25-2)15-11-19-8-10-20(15)16(22)7-9-21-17(23)13-5-3-4-6-14(13)18(21)24/h3-6,15,19H,1,7-11H2,2H3. The van der Waals surface area contributed by atoms with Crippen LogP contribution in [-0.4, -0.2) is 66.9 Å². The summed E-state index contributed by atoms with van der Waals surface area (Å²) in [5, 5.41) is 3.20. The Morgan fingerprint density at radius 3 is 2.52 bits per heavy atom. The van der Waals surface area contributed by atoms with E-state index in [9.17, 15) is 14.4 Å². The molecule has 1 N–H and O–H groups in total. The Morgan fingerprint density at radius 1 is 1.28 bits per heavy atom. The zero-order chi connectivity index (χ0) is 18.0. The van der Waals surface area contributed by atoms with Crippen molar-refractivity contribution < 1.29 is 19.1 Å². The van der Waals surface area contributed by atoms with E-state index >= 15 is 0 Å². The lowest BCUT2D eigenvalue weighted by Gasteiger charge is -2.36. The first-order chi connectivity index (χ1) is 12.0.